The molecule has 0 aromatic heterocycles. The van der Waals surface area contributed by atoms with Crippen molar-refractivity contribution >= 4 is 18.6 Å². The molecule has 68 valence electrons. The van der Waals surface area contributed by atoms with Crippen LogP contribution in [0.2, 0.25) is 0 Å². The lowest BCUT2D eigenvalue weighted by atomic mass is 9.79. The first-order valence-corrected chi connectivity index (χ1v) is 3.44. The average Bonchev–Trinajstić information content (AvgIpc) is 2.04. The molecule has 0 aliphatic rings. The molecule has 0 heterocycles. The zero-order valence-electron chi connectivity index (χ0n) is 6.51. The van der Waals surface area contributed by atoms with Gasteiger partial charge in [-0.15, -0.1) is 0 Å². The van der Waals surface area contributed by atoms with Gasteiger partial charge in [-0.2, -0.15) is 0 Å². The molecule has 1 aromatic carbocycles. The summed E-state index contributed by atoms with van der Waals surface area (Å²) in [4.78, 5) is 10.4. The fraction of sp³-hybridized carbons (Fsp3) is 0. The highest BCUT2D eigenvalue weighted by Crippen LogP contribution is 2.07. The molecule has 0 radical (unpaired) electrons. The maximum atomic E-state index is 10.4. The lowest BCUT2D eigenvalue weighted by Gasteiger charge is -2.03. The first-order chi connectivity index (χ1) is 6.02. The van der Waals surface area contributed by atoms with E-state index in [2.05, 4.69) is 0 Å². The average molecular weight is 182 g/mol. The van der Waals surface area contributed by atoms with E-state index >= 15 is 0 Å². The molecule has 13 heavy (non-hydrogen) atoms. The maximum Gasteiger partial charge on any atom is 0.492 e. The Kier molecular flexibility index (Phi) is 2.55. The number of hydrogen-bond acceptors (Lipinski definition) is 4. The van der Waals surface area contributed by atoms with Crippen molar-refractivity contribution in [1.29, 1.82) is 0 Å². The molecule has 0 amide bonds. The van der Waals surface area contributed by atoms with E-state index < -0.39 is 13.1 Å². The Morgan fingerprint density at radius 2 is 1.92 bits per heavy atom. The number of phenolic OH excluding ortho intramolecular Hbond substituents is 1. The Hall–Kier alpha value is -1.53. The first-order valence-electron chi connectivity index (χ1n) is 3.44. The maximum absolute atomic E-state index is 10.4. The number of phenols is 1. The molecule has 0 aliphatic carbocycles. The van der Waals surface area contributed by atoms with Gasteiger partial charge < -0.3 is 20.3 Å². The Balaban J connectivity index is 3.19. The monoisotopic (exact) mass is 182 g/mol. The van der Waals surface area contributed by atoms with Gasteiger partial charge in [0.15, 0.2) is 0 Å². The van der Waals surface area contributed by atoms with Crippen molar-refractivity contribution in [3.63, 3.8) is 0 Å². The summed E-state index contributed by atoms with van der Waals surface area (Å²) < 4.78 is 0. The summed E-state index contributed by atoms with van der Waals surface area (Å²) in [6.07, 6.45) is 0. The summed E-state index contributed by atoms with van der Waals surface area (Å²) >= 11 is 0. The smallest absolute Gasteiger partial charge is 0.492 e. The fourth-order valence-corrected chi connectivity index (χ4v) is 0.894. The first kappa shape index (κ1) is 9.56. The van der Waals surface area contributed by atoms with Crippen LogP contribution in [-0.2, 0) is 0 Å². The molecule has 1 rings (SSSR count). The molecule has 0 saturated carbocycles. The van der Waals surface area contributed by atoms with Crippen LogP contribution in [0.15, 0.2) is 18.2 Å². The highest BCUT2D eigenvalue weighted by atomic mass is 16.4. The van der Waals surface area contributed by atoms with E-state index in [0.29, 0.717) is 0 Å². The van der Waals surface area contributed by atoms with Crippen LogP contribution in [0.4, 0.5) is 0 Å². The number of aromatic hydroxyl groups is 1. The van der Waals surface area contributed by atoms with Crippen molar-refractivity contribution in [2.75, 3.05) is 0 Å². The number of rotatable bonds is 2. The summed E-state index contributed by atoms with van der Waals surface area (Å²) in [5.41, 5.74) is -0.333. The predicted octanol–water partition coefficient (Wildman–Crippen LogP) is -1.23. The highest BCUT2D eigenvalue weighted by Gasteiger charge is 2.17. The number of hydrogen-bond donors (Lipinski definition) is 4. The van der Waals surface area contributed by atoms with E-state index in [1.807, 2.05) is 0 Å². The second-order valence-electron chi connectivity index (χ2n) is 2.45. The molecule has 0 spiro atoms. The van der Waals surface area contributed by atoms with Crippen LogP contribution in [0, 0.1) is 0 Å². The van der Waals surface area contributed by atoms with E-state index in [1.54, 1.807) is 0 Å². The Labute approximate surface area is 74.0 Å². The van der Waals surface area contributed by atoms with E-state index in [-0.39, 0.29) is 16.8 Å². The summed E-state index contributed by atoms with van der Waals surface area (Å²) in [6, 6.07) is 3.27. The van der Waals surface area contributed by atoms with Crippen molar-refractivity contribution in [3.05, 3.63) is 23.8 Å². The number of carbonyl (C=O) groups is 1. The molecule has 6 heteroatoms. The fourth-order valence-electron chi connectivity index (χ4n) is 0.894. The number of benzene rings is 1. The molecular weight excluding hydrogens is 175 g/mol. The van der Waals surface area contributed by atoms with Crippen molar-refractivity contribution in [1.82, 2.24) is 0 Å². The third-order valence-electron chi connectivity index (χ3n) is 1.55. The van der Waals surface area contributed by atoms with E-state index in [1.165, 1.54) is 6.07 Å². The molecule has 0 saturated heterocycles. The molecule has 0 atom stereocenters. The van der Waals surface area contributed by atoms with Crippen LogP contribution in [0.3, 0.4) is 0 Å². The molecular formula is C7H7BO5. The van der Waals surface area contributed by atoms with Gasteiger partial charge in [0.05, 0.1) is 5.56 Å². The minimum absolute atomic E-state index is 0.110. The zero-order valence-corrected chi connectivity index (χ0v) is 6.51. The molecule has 0 aliphatic heterocycles. The lowest BCUT2D eigenvalue weighted by molar-refractivity contribution is 0.0697. The minimum Gasteiger partial charge on any atom is -0.508 e. The second kappa shape index (κ2) is 3.46. The van der Waals surface area contributed by atoms with Gasteiger partial charge in [0.25, 0.3) is 0 Å². The Morgan fingerprint density at radius 3 is 2.38 bits per heavy atom. The topological polar surface area (TPSA) is 98.0 Å². The Bertz CT molecular complexity index is 336. The minimum atomic E-state index is -1.88. The molecule has 0 fully saturated rings. The summed E-state index contributed by atoms with van der Waals surface area (Å²) in [6.45, 7) is 0. The van der Waals surface area contributed by atoms with Gasteiger partial charge in [0.1, 0.15) is 5.75 Å². The van der Waals surface area contributed by atoms with Crippen molar-refractivity contribution < 1.29 is 25.1 Å². The quantitative estimate of drug-likeness (QED) is 0.429. The summed E-state index contributed by atoms with van der Waals surface area (Å²) in [5, 5.41) is 35.0. The number of carboxylic acid groups (broad SMARTS) is 1. The van der Waals surface area contributed by atoms with Crippen molar-refractivity contribution in [2.45, 2.75) is 0 Å². The lowest BCUT2D eigenvalue weighted by Crippen LogP contribution is -2.30. The standard InChI is InChI=1S/C7H7BO5/c9-6-2-1-4(7(10)11)3-5(6)8(12)13/h1-3,9,12-13H,(H,10,11). The highest BCUT2D eigenvalue weighted by molar-refractivity contribution is 6.59. The van der Waals surface area contributed by atoms with Crippen LogP contribution < -0.4 is 5.46 Å². The number of aromatic carboxylic acids is 1. The largest absolute Gasteiger partial charge is 0.508 e. The van der Waals surface area contributed by atoms with Crippen LogP contribution in [0.5, 0.6) is 5.75 Å². The van der Waals surface area contributed by atoms with Gasteiger partial charge in [0, 0.05) is 5.46 Å². The molecule has 0 unspecified atom stereocenters. The second-order valence-corrected chi connectivity index (χ2v) is 2.45. The molecule has 4 N–H and O–H groups in total. The predicted molar refractivity (Wildman–Crippen MR) is 44.9 cm³/mol. The van der Waals surface area contributed by atoms with Gasteiger partial charge in [-0.3, -0.25) is 0 Å². The van der Waals surface area contributed by atoms with Crippen molar-refractivity contribution in [2.24, 2.45) is 0 Å². The summed E-state index contributed by atoms with van der Waals surface area (Å²) in [5.74, 6) is -1.54. The van der Waals surface area contributed by atoms with E-state index in [4.69, 9.17) is 20.3 Å². The summed E-state index contributed by atoms with van der Waals surface area (Å²) in [7, 11) is -1.88. The Morgan fingerprint density at radius 1 is 1.31 bits per heavy atom. The van der Waals surface area contributed by atoms with Crippen LogP contribution in [0.25, 0.3) is 0 Å². The van der Waals surface area contributed by atoms with Gasteiger partial charge in [-0.05, 0) is 18.2 Å². The SMILES string of the molecule is O=C(O)c1ccc(O)c(B(O)O)c1. The zero-order chi connectivity index (χ0) is 10.0. The van der Waals surface area contributed by atoms with Gasteiger partial charge >= 0.3 is 13.1 Å². The third-order valence-corrected chi connectivity index (χ3v) is 1.55. The van der Waals surface area contributed by atoms with Crippen LogP contribution in [0.1, 0.15) is 10.4 Å². The number of carboxylic acids is 1. The molecule has 0 bridgehead atoms. The third kappa shape index (κ3) is 1.98. The van der Waals surface area contributed by atoms with Crippen LogP contribution in [-0.4, -0.2) is 33.3 Å². The van der Waals surface area contributed by atoms with Gasteiger partial charge in [0.2, 0.25) is 0 Å². The van der Waals surface area contributed by atoms with Gasteiger partial charge in [-0.25, -0.2) is 4.79 Å². The normalized spacial score (nSPS) is 9.69. The van der Waals surface area contributed by atoms with E-state index in [9.17, 15) is 4.79 Å². The van der Waals surface area contributed by atoms with E-state index in [0.717, 1.165) is 12.1 Å². The molecule has 1 aromatic rings. The van der Waals surface area contributed by atoms with Crippen molar-refractivity contribution in [3.8, 4) is 5.75 Å². The molecule has 5 nitrogen and oxygen atoms in total. The van der Waals surface area contributed by atoms with Gasteiger partial charge in [-0.1, -0.05) is 0 Å². The van der Waals surface area contributed by atoms with Crippen LogP contribution >= 0.6 is 0 Å².